The molecule has 0 aromatic carbocycles. The summed E-state index contributed by atoms with van der Waals surface area (Å²) in [6.07, 6.45) is 12.2. The minimum absolute atomic E-state index is 0.588. The Bertz CT molecular complexity index is 234. The van der Waals surface area contributed by atoms with E-state index < -0.39 is 0 Å². The van der Waals surface area contributed by atoms with Crippen LogP contribution in [0.2, 0.25) is 0 Å². The summed E-state index contributed by atoms with van der Waals surface area (Å²) < 4.78 is 0. The highest BCUT2D eigenvalue weighted by molar-refractivity contribution is 4.82. The van der Waals surface area contributed by atoms with Crippen molar-refractivity contribution in [1.82, 2.24) is 4.90 Å². The molecule has 1 atom stereocenters. The molecule has 0 aromatic rings. The van der Waals surface area contributed by atoms with Gasteiger partial charge >= 0.3 is 0 Å². The van der Waals surface area contributed by atoms with Crippen LogP contribution < -0.4 is 5.73 Å². The highest BCUT2D eigenvalue weighted by Gasteiger charge is 2.28. The first-order valence-electron chi connectivity index (χ1n) is 8.89. The lowest BCUT2D eigenvalue weighted by atomic mass is 9.75. The maximum atomic E-state index is 5.72. The van der Waals surface area contributed by atoms with E-state index in [-0.39, 0.29) is 0 Å². The molecule has 0 heterocycles. The van der Waals surface area contributed by atoms with Gasteiger partial charge in [0.15, 0.2) is 0 Å². The SMILES string of the molecule is CCCC(CCN)CCCN(C)C1CCC(C)(C)CC1. The van der Waals surface area contributed by atoms with Gasteiger partial charge in [0, 0.05) is 6.04 Å². The summed E-state index contributed by atoms with van der Waals surface area (Å²) in [4.78, 5) is 2.63. The van der Waals surface area contributed by atoms with Crippen LogP contribution in [0, 0.1) is 11.3 Å². The molecule has 0 bridgehead atoms. The van der Waals surface area contributed by atoms with Crippen LogP contribution in [0.5, 0.6) is 0 Å². The van der Waals surface area contributed by atoms with Crippen molar-refractivity contribution in [2.24, 2.45) is 17.1 Å². The third-order valence-corrected chi connectivity index (χ3v) is 5.33. The lowest BCUT2D eigenvalue weighted by Crippen LogP contribution is -2.37. The van der Waals surface area contributed by atoms with Crippen LogP contribution in [-0.4, -0.2) is 31.1 Å². The topological polar surface area (TPSA) is 29.3 Å². The lowest BCUT2D eigenvalue weighted by molar-refractivity contribution is 0.125. The molecule has 0 aromatic heterocycles. The fraction of sp³-hybridized carbons (Fsp3) is 1.00. The molecule has 2 N–H and O–H groups in total. The Morgan fingerprint density at radius 1 is 1.15 bits per heavy atom. The van der Waals surface area contributed by atoms with Gasteiger partial charge in [-0.15, -0.1) is 0 Å². The molecule has 0 spiro atoms. The molecule has 0 amide bonds. The second kappa shape index (κ2) is 9.04. The normalized spacial score (nSPS) is 21.3. The quantitative estimate of drug-likeness (QED) is 0.678. The molecule has 0 saturated heterocycles. The number of nitrogens with zero attached hydrogens (tertiary/aromatic N) is 1. The molecule has 1 fully saturated rings. The Morgan fingerprint density at radius 2 is 1.80 bits per heavy atom. The third kappa shape index (κ3) is 6.58. The van der Waals surface area contributed by atoms with Crippen molar-refractivity contribution < 1.29 is 0 Å². The van der Waals surface area contributed by atoms with Gasteiger partial charge in [0.25, 0.3) is 0 Å². The summed E-state index contributed by atoms with van der Waals surface area (Å²) in [6.45, 7) is 9.27. The van der Waals surface area contributed by atoms with Gasteiger partial charge in [-0.2, -0.15) is 0 Å². The van der Waals surface area contributed by atoms with Crippen molar-refractivity contribution in [2.75, 3.05) is 20.1 Å². The molecule has 20 heavy (non-hydrogen) atoms. The molecular weight excluding hydrogens is 244 g/mol. The van der Waals surface area contributed by atoms with E-state index in [2.05, 4.69) is 32.7 Å². The zero-order chi connectivity index (χ0) is 15.0. The van der Waals surface area contributed by atoms with Gasteiger partial charge in [0.1, 0.15) is 0 Å². The predicted molar refractivity (Wildman–Crippen MR) is 90.0 cm³/mol. The van der Waals surface area contributed by atoms with E-state index in [0.717, 1.165) is 18.5 Å². The lowest BCUT2D eigenvalue weighted by Gasteiger charge is -2.38. The summed E-state index contributed by atoms with van der Waals surface area (Å²) >= 11 is 0. The summed E-state index contributed by atoms with van der Waals surface area (Å²) in [5.41, 5.74) is 6.31. The number of hydrogen-bond donors (Lipinski definition) is 1. The zero-order valence-electron chi connectivity index (χ0n) is 14.5. The Kier molecular flexibility index (Phi) is 8.13. The van der Waals surface area contributed by atoms with Gasteiger partial charge < -0.3 is 10.6 Å². The van der Waals surface area contributed by atoms with Gasteiger partial charge in [0.05, 0.1) is 0 Å². The predicted octanol–water partition coefficient (Wildman–Crippen LogP) is 4.43. The molecular formula is C18H38N2. The van der Waals surface area contributed by atoms with Crippen LogP contribution >= 0.6 is 0 Å². The summed E-state index contributed by atoms with van der Waals surface area (Å²) in [5.74, 6) is 0.865. The largest absolute Gasteiger partial charge is 0.330 e. The molecule has 1 rings (SSSR count). The number of rotatable bonds is 9. The van der Waals surface area contributed by atoms with Gasteiger partial charge in [-0.25, -0.2) is 0 Å². The van der Waals surface area contributed by atoms with Crippen LogP contribution in [0.3, 0.4) is 0 Å². The first-order valence-corrected chi connectivity index (χ1v) is 8.89. The standard InChI is InChI=1S/C18H38N2/c1-5-7-16(11-14-19)8-6-15-20(4)17-9-12-18(2,3)13-10-17/h16-17H,5-15,19H2,1-4H3. The molecule has 1 aliphatic carbocycles. The van der Waals surface area contributed by atoms with E-state index >= 15 is 0 Å². The molecule has 2 heteroatoms. The van der Waals surface area contributed by atoms with Crippen LogP contribution in [0.4, 0.5) is 0 Å². The minimum atomic E-state index is 0.588. The van der Waals surface area contributed by atoms with Crippen molar-refractivity contribution in [3.8, 4) is 0 Å². The third-order valence-electron chi connectivity index (χ3n) is 5.33. The first kappa shape index (κ1) is 18.0. The maximum absolute atomic E-state index is 5.72. The van der Waals surface area contributed by atoms with Crippen molar-refractivity contribution in [1.29, 1.82) is 0 Å². The van der Waals surface area contributed by atoms with E-state index in [1.54, 1.807) is 0 Å². The van der Waals surface area contributed by atoms with Crippen LogP contribution in [0.1, 0.15) is 78.6 Å². The van der Waals surface area contributed by atoms with Crippen LogP contribution in [0.25, 0.3) is 0 Å². The first-order chi connectivity index (χ1) is 9.48. The number of nitrogens with two attached hydrogens (primary N) is 1. The van der Waals surface area contributed by atoms with E-state index in [1.807, 2.05) is 0 Å². The van der Waals surface area contributed by atoms with Crippen molar-refractivity contribution >= 4 is 0 Å². The maximum Gasteiger partial charge on any atom is 0.00926 e. The molecule has 0 radical (unpaired) electrons. The highest BCUT2D eigenvalue weighted by Crippen LogP contribution is 2.36. The van der Waals surface area contributed by atoms with E-state index in [4.69, 9.17) is 5.73 Å². The zero-order valence-corrected chi connectivity index (χ0v) is 14.5. The number of hydrogen-bond acceptors (Lipinski definition) is 2. The Morgan fingerprint density at radius 3 is 2.35 bits per heavy atom. The molecule has 1 saturated carbocycles. The van der Waals surface area contributed by atoms with Crippen LogP contribution in [-0.2, 0) is 0 Å². The summed E-state index contributed by atoms with van der Waals surface area (Å²) in [7, 11) is 2.33. The molecule has 1 aliphatic rings. The second-order valence-corrected chi connectivity index (χ2v) is 7.75. The highest BCUT2D eigenvalue weighted by atomic mass is 15.1. The van der Waals surface area contributed by atoms with Crippen molar-refractivity contribution in [3.05, 3.63) is 0 Å². The van der Waals surface area contributed by atoms with E-state index in [9.17, 15) is 0 Å². The second-order valence-electron chi connectivity index (χ2n) is 7.75. The monoisotopic (exact) mass is 282 g/mol. The van der Waals surface area contributed by atoms with E-state index in [1.165, 1.54) is 64.3 Å². The van der Waals surface area contributed by atoms with Gasteiger partial charge in [-0.1, -0.05) is 33.6 Å². The summed E-state index contributed by atoms with van der Waals surface area (Å²) in [5, 5.41) is 0. The van der Waals surface area contributed by atoms with Gasteiger partial charge in [-0.05, 0) is 76.4 Å². The van der Waals surface area contributed by atoms with Crippen molar-refractivity contribution in [2.45, 2.75) is 84.6 Å². The van der Waals surface area contributed by atoms with Crippen molar-refractivity contribution in [3.63, 3.8) is 0 Å². The average molecular weight is 283 g/mol. The Hall–Kier alpha value is -0.0800. The minimum Gasteiger partial charge on any atom is -0.330 e. The fourth-order valence-corrected chi connectivity index (χ4v) is 3.71. The molecule has 2 nitrogen and oxygen atoms in total. The Labute approximate surface area is 127 Å². The Balaban J connectivity index is 2.20. The molecule has 120 valence electrons. The van der Waals surface area contributed by atoms with Gasteiger partial charge in [-0.3, -0.25) is 0 Å². The smallest absolute Gasteiger partial charge is 0.00926 e. The molecule has 0 aliphatic heterocycles. The van der Waals surface area contributed by atoms with Gasteiger partial charge in [0.2, 0.25) is 0 Å². The molecule has 1 unspecified atom stereocenters. The summed E-state index contributed by atoms with van der Waals surface area (Å²) in [6, 6.07) is 0.835. The van der Waals surface area contributed by atoms with E-state index in [0.29, 0.717) is 5.41 Å². The van der Waals surface area contributed by atoms with Crippen LogP contribution in [0.15, 0.2) is 0 Å². The fourth-order valence-electron chi connectivity index (χ4n) is 3.71. The average Bonchev–Trinajstić information content (AvgIpc) is 2.39.